The normalized spacial score (nSPS) is 20.8. The van der Waals surface area contributed by atoms with Crippen molar-refractivity contribution in [2.45, 2.75) is 51.6 Å². The van der Waals surface area contributed by atoms with Crippen molar-refractivity contribution < 1.29 is 0 Å². The van der Waals surface area contributed by atoms with E-state index in [1.807, 2.05) is 12.4 Å². The van der Waals surface area contributed by atoms with E-state index in [9.17, 15) is 0 Å². The quantitative estimate of drug-likeness (QED) is 0.726. The van der Waals surface area contributed by atoms with Gasteiger partial charge in [-0.25, -0.2) is 0 Å². The molecule has 3 heteroatoms. The lowest BCUT2D eigenvalue weighted by atomic mass is 9.91. The van der Waals surface area contributed by atoms with Gasteiger partial charge in [0.25, 0.3) is 0 Å². The maximum absolute atomic E-state index is 6.57. The largest absolute Gasteiger partial charge is 0.340 e. The molecule has 2 aromatic heterocycles. The molecule has 0 amide bonds. The van der Waals surface area contributed by atoms with Crippen LogP contribution in [0.15, 0.2) is 42.7 Å². The van der Waals surface area contributed by atoms with Crippen LogP contribution in [-0.4, -0.2) is 15.1 Å². The Morgan fingerprint density at radius 3 is 2.79 bits per heavy atom. The number of hydrogen-bond donors (Lipinski definition) is 1. The SMILES string of the molecule is Cc1ccc2c(c1)c1c(n2Cc2ccncc2)CCCC(C)(N)C1. The maximum Gasteiger partial charge on any atom is 0.0488 e. The average Bonchev–Trinajstić information content (AvgIpc) is 2.71. The minimum absolute atomic E-state index is 0.106. The number of nitrogens with zero attached hydrogens (tertiary/aromatic N) is 2. The van der Waals surface area contributed by atoms with Gasteiger partial charge in [-0.15, -0.1) is 0 Å². The third-order valence-electron chi connectivity index (χ3n) is 5.27. The van der Waals surface area contributed by atoms with Crippen LogP contribution in [0.2, 0.25) is 0 Å². The number of aromatic nitrogens is 2. The van der Waals surface area contributed by atoms with Gasteiger partial charge in [0.15, 0.2) is 0 Å². The molecule has 3 nitrogen and oxygen atoms in total. The number of nitrogens with two attached hydrogens (primary N) is 1. The van der Waals surface area contributed by atoms with Crippen molar-refractivity contribution in [2.24, 2.45) is 5.73 Å². The number of aryl methyl sites for hydroxylation is 1. The maximum atomic E-state index is 6.57. The lowest BCUT2D eigenvalue weighted by Gasteiger charge is -2.22. The number of hydrogen-bond acceptors (Lipinski definition) is 2. The first-order valence-electron chi connectivity index (χ1n) is 8.82. The molecule has 1 atom stereocenters. The van der Waals surface area contributed by atoms with Gasteiger partial charge in [0.05, 0.1) is 0 Å². The topological polar surface area (TPSA) is 43.8 Å². The summed E-state index contributed by atoms with van der Waals surface area (Å²) in [5, 5.41) is 1.39. The van der Waals surface area contributed by atoms with Gasteiger partial charge in [-0.2, -0.15) is 0 Å². The molecular formula is C21H25N3. The molecule has 0 saturated carbocycles. The fourth-order valence-electron chi connectivity index (χ4n) is 4.08. The fraction of sp³-hybridized carbons (Fsp3) is 0.381. The predicted molar refractivity (Wildman–Crippen MR) is 99.2 cm³/mol. The summed E-state index contributed by atoms with van der Waals surface area (Å²) in [5.74, 6) is 0. The van der Waals surface area contributed by atoms with Crippen molar-refractivity contribution in [1.82, 2.24) is 9.55 Å². The molecule has 0 fully saturated rings. The first-order valence-corrected chi connectivity index (χ1v) is 8.82. The lowest BCUT2D eigenvalue weighted by Crippen LogP contribution is -2.37. The van der Waals surface area contributed by atoms with Crippen molar-refractivity contribution >= 4 is 10.9 Å². The molecular weight excluding hydrogens is 294 g/mol. The molecule has 1 unspecified atom stereocenters. The first kappa shape index (κ1) is 15.4. The molecule has 0 bridgehead atoms. The van der Waals surface area contributed by atoms with Crippen LogP contribution in [0.1, 0.15) is 42.1 Å². The highest BCUT2D eigenvalue weighted by Crippen LogP contribution is 2.35. The molecule has 1 aliphatic carbocycles. The molecule has 0 aliphatic heterocycles. The van der Waals surface area contributed by atoms with Gasteiger partial charge in [0.2, 0.25) is 0 Å². The van der Waals surface area contributed by atoms with E-state index in [1.165, 1.54) is 33.3 Å². The average molecular weight is 319 g/mol. The summed E-state index contributed by atoms with van der Waals surface area (Å²) in [6, 6.07) is 11.0. The van der Waals surface area contributed by atoms with Crippen LogP contribution in [0.4, 0.5) is 0 Å². The zero-order chi connectivity index (χ0) is 16.7. The van der Waals surface area contributed by atoms with Crippen molar-refractivity contribution in [3.8, 4) is 0 Å². The van der Waals surface area contributed by atoms with Crippen LogP contribution in [0.3, 0.4) is 0 Å². The molecule has 2 N–H and O–H groups in total. The molecule has 0 saturated heterocycles. The number of fused-ring (bicyclic) bond motifs is 3. The molecule has 1 aliphatic rings. The van der Waals surface area contributed by atoms with Crippen LogP contribution in [0.25, 0.3) is 10.9 Å². The van der Waals surface area contributed by atoms with Gasteiger partial charge < -0.3 is 10.3 Å². The van der Waals surface area contributed by atoms with Crippen molar-refractivity contribution in [3.63, 3.8) is 0 Å². The summed E-state index contributed by atoms with van der Waals surface area (Å²) < 4.78 is 2.50. The minimum Gasteiger partial charge on any atom is -0.340 e. The number of pyridine rings is 1. The van der Waals surface area contributed by atoms with Gasteiger partial charge >= 0.3 is 0 Å². The Bertz CT molecular complexity index is 875. The zero-order valence-corrected chi connectivity index (χ0v) is 14.5. The Labute approximate surface area is 143 Å². The number of benzene rings is 1. The second-order valence-corrected chi connectivity index (χ2v) is 7.57. The van der Waals surface area contributed by atoms with Crippen molar-refractivity contribution in [1.29, 1.82) is 0 Å². The molecule has 0 radical (unpaired) electrons. The molecule has 3 aromatic rings. The van der Waals surface area contributed by atoms with Crippen LogP contribution in [-0.2, 0) is 19.4 Å². The van der Waals surface area contributed by atoms with E-state index >= 15 is 0 Å². The Balaban J connectivity index is 1.91. The van der Waals surface area contributed by atoms with E-state index in [4.69, 9.17) is 5.73 Å². The van der Waals surface area contributed by atoms with E-state index in [0.717, 1.165) is 32.2 Å². The molecule has 1 aromatic carbocycles. The van der Waals surface area contributed by atoms with E-state index in [2.05, 4.69) is 53.7 Å². The molecule has 0 spiro atoms. The summed E-state index contributed by atoms with van der Waals surface area (Å²) in [5.41, 5.74) is 13.3. The third-order valence-corrected chi connectivity index (χ3v) is 5.27. The van der Waals surface area contributed by atoms with Gasteiger partial charge in [-0.3, -0.25) is 4.98 Å². The van der Waals surface area contributed by atoms with E-state index in [1.54, 1.807) is 0 Å². The highest BCUT2D eigenvalue weighted by Gasteiger charge is 2.28. The second-order valence-electron chi connectivity index (χ2n) is 7.57. The summed E-state index contributed by atoms with van der Waals surface area (Å²) in [6.07, 6.45) is 8.07. The van der Waals surface area contributed by atoms with Crippen LogP contribution in [0.5, 0.6) is 0 Å². The van der Waals surface area contributed by atoms with Gasteiger partial charge in [0, 0.05) is 41.1 Å². The Morgan fingerprint density at radius 1 is 1.21 bits per heavy atom. The molecule has 124 valence electrons. The van der Waals surface area contributed by atoms with Crippen LogP contribution >= 0.6 is 0 Å². The van der Waals surface area contributed by atoms with Gasteiger partial charge in [-0.05, 0) is 74.9 Å². The Morgan fingerprint density at radius 2 is 2.00 bits per heavy atom. The van der Waals surface area contributed by atoms with E-state index < -0.39 is 0 Å². The monoisotopic (exact) mass is 319 g/mol. The molecule has 4 rings (SSSR count). The zero-order valence-electron chi connectivity index (χ0n) is 14.5. The Kier molecular flexibility index (Phi) is 3.69. The smallest absolute Gasteiger partial charge is 0.0488 e. The number of rotatable bonds is 2. The van der Waals surface area contributed by atoms with Gasteiger partial charge in [0.1, 0.15) is 0 Å². The second kappa shape index (κ2) is 5.75. The molecule has 2 heterocycles. The third kappa shape index (κ3) is 2.73. The lowest BCUT2D eigenvalue weighted by molar-refractivity contribution is 0.429. The summed E-state index contributed by atoms with van der Waals surface area (Å²) in [7, 11) is 0. The minimum atomic E-state index is -0.106. The summed E-state index contributed by atoms with van der Waals surface area (Å²) in [6.45, 7) is 5.27. The molecule has 24 heavy (non-hydrogen) atoms. The van der Waals surface area contributed by atoms with Gasteiger partial charge in [-0.1, -0.05) is 11.6 Å². The van der Waals surface area contributed by atoms with Crippen LogP contribution in [0, 0.1) is 6.92 Å². The van der Waals surface area contributed by atoms with Crippen molar-refractivity contribution in [3.05, 3.63) is 65.1 Å². The first-order chi connectivity index (χ1) is 11.5. The van der Waals surface area contributed by atoms with E-state index in [-0.39, 0.29) is 5.54 Å². The van der Waals surface area contributed by atoms with E-state index in [0.29, 0.717) is 0 Å². The summed E-state index contributed by atoms with van der Waals surface area (Å²) >= 11 is 0. The fourth-order valence-corrected chi connectivity index (χ4v) is 4.08. The van der Waals surface area contributed by atoms with Crippen molar-refractivity contribution in [2.75, 3.05) is 0 Å². The standard InChI is InChI=1S/C21H25N3/c1-15-5-6-20-17(12-15)18-13-21(2,22)9-3-4-19(18)24(20)14-16-7-10-23-11-8-16/h5-8,10-12H,3-4,9,13-14,22H2,1-2H3. The highest BCUT2D eigenvalue weighted by atomic mass is 15.0. The van der Waals surface area contributed by atoms with Crippen LogP contribution < -0.4 is 5.73 Å². The highest BCUT2D eigenvalue weighted by molar-refractivity contribution is 5.86. The Hall–Kier alpha value is -2.13. The summed E-state index contributed by atoms with van der Waals surface area (Å²) in [4.78, 5) is 4.14. The predicted octanol–water partition coefficient (Wildman–Crippen LogP) is 3.99.